The zero-order chi connectivity index (χ0) is 17.0. The summed E-state index contributed by atoms with van der Waals surface area (Å²) in [6.07, 6.45) is 1.55. The Morgan fingerprint density at radius 1 is 1.30 bits per heavy atom. The molecule has 2 amide bonds. The Morgan fingerprint density at radius 2 is 2.04 bits per heavy atom. The molecule has 6 heteroatoms. The van der Waals surface area contributed by atoms with Gasteiger partial charge in [0.2, 0.25) is 5.91 Å². The molecule has 0 radical (unpaired) electrons. The number of aryl methyl sites for hydroxylation is 2. The van der Waals surface area contributed by atoms with Gasteiger partial charge >= 0.3 is 0 Å². The van der Waals surface area contributed by atoms with Gasteiger partial charge in [-0.2, -0.15) is 0 Å². The Labute approximate surface area is 140 Å². The minimum absolute atomic E-state index is 0.194. The second kappa shape index (κ2) is 7.37. The first kappa shape index (κ1) is 17.1. The van der Waals surface area contributed by atoms with Gasteiger partial charge in [-0.1, -0.05) is 23.8 Å². The Kier molecular flexibility index (Phi) is 5.50. The highest BCUT2D eigenvalue weighted by Crippen LogP contribution is 2.28. The maximum absolute atomic E-state index is 12.2. The van der Waals surface area contributed by atoms with Crippen LogP contribution in [-0.2, 0) is 4.79 Å². The summed E-state index contributed by atoms with van der Waals surface area (Å²) >= 11 is 1.33. The van der Waals surface area contributed by atoms with Crippen LogP contribution in [0.3, 0.4) is 0 Å². The monoisotopic (exact) mass is 331 g/mol. The number of benzene rings is 1. The predicted octanol–water partition coefficient (Wildman–Crippen LogP) is 2.68. The summed E-state index contributed by atoms with van der Waals surface area (Å²) < 4.78 is 0. The molecule has 5 nitrogen and oxygen atoms in total. The number of carbonyl (C=O) groups is 2. The third kappa shape index (κ3) is 4.16. The second-order valence-corrected chi connectivity index (χ2v) is 6.47. The molecule has 0 spiro atoms. The quantitative estimate of drug-likeness (QED) is 0.885. The highest BCUT2D eigenvalue weighted by atomic mass is 32.1. The van der Waals surface area contributed by atoms with Gasteiger partial charge in [0.25, 0.3) is 5.91 Å². The summed E-state index contributed by atoms with van der Waals surface area (Å²) in [5.41, 5.74) is 3.34. The number of amides is 2. The molecule has 1 atom stereocenters. The van der Waals surface area contributed by atoms with E-state index in [1.54, 1.807) is 13.1 Å². The van der Waals surface area contributed by atoms with Crippen molar-refractivity contribution in [2.45, 2.75) is 33.7 Å². The molecule has 2 aromatic rings. The topological polar surface area (TPSA) is 71.1 Å². The first-order chi connectivity index (χ1) is 10.9. The molecule has 1 aromatic heterocycles. The largest absolute Gasteiger partial charge is 0.355 e. The average molecular weight is 331 g/mol. The van der Waals surface area contributed by atoms with Crippen molar-refractivity contribution in [2.24, 2.45) is 0 Å². The molecule has 0 bridgehead atoms. The Balaban J connectivity index is 2.12. The van der Waals surface area contributed by atoms with E-state index in [-0.39, 0.29) is 11.8 Å². The number of nitrogens with zero attached hydrogens (tertiary/aromatic N) is 1. The third-order valence-electron chi connectivity index (χ3n) is 3.43. The maximum atomic E-state index is 12.2. The molecule has 1 aromatic carbocycles. The highest BCUT2D eigenvalue weighted by molar-refractivity contribution is 7.16. The van der Waals surface area contributed by atoms with Gasteiger partial charge in [-0.15, -0.1) is 11.3 Å². The van der Waals surface area contributed by atoms with Crippen LogP contribution in [0.4, 0.5) is 0 Å². The van der Waals surface area contributed by atoms with E-state index in [2.05, 4.69) is 21.7 Å². The van der Waals surface area contributed by atoms with E-state index in [0.29, 0.717) is 11.4 Å². The van der Waals surface area contributed by atoms with E-state index in [0.717, 1.165) is 16.1 Å². The molecular formula is C17H21N3O2S. The fraction of sp³-hybridized carbons (Fsp3) is 0.353. The van der Waals surface area contributed by atoms with Gasteiger partial charge < -0.3 is 10.6 Å². The first-order valence-corrected chi connectivity index (χ1v) is 8.36. The summed E-state index contributed by atoms with van der Waals surface area (Å²) in [5, 5.41) is 6.17. The molecule has 0 saturated carbocycles. The molecule has 0 unspecified atom stereocenters. The molecule has 2 N–H and O–H groups in total. The van der Waals surface area contributed by atoms with Gasteiger partial charge in [-0.25, -0.2) is 4.98 Å². The van der Waals surface area contributed by atoms with Crippen LogP contribution in [0.1, 0.15) is 34.6 Å². The van der Waals surface area contributed by atoms with E-state index in [1.165, 1.54) is 16.9 Å². The third-order valence-corrected chi connectivity index (χ3v) is 4.46. The van der Waals surface area contributed by atoms with Crippen LogP contribution in [-0.4, -0.2) is 29.4 Å². The summed E-state index contributed by atoms with van der Waals surface area (Å²) in [4.78, 5) is 28.7. The lowest BCUT2D eigenvalue weighted by atomic mass is 10.1. The number of nitrogens with one attached hydrogen (secondary N) is 2. The summed E-state index contributed by atoms with van der Waals surface area (Å²) in [6, 6.07) is 5.56. The normalized spacial score (nSPS) is 11.8. The molecule has 0 aliphatic heterocycles. The van der Waals surface area contributed by atoms with Crippen molar-refractivity contribution in [3.8, 4) is 10.6 Å². The minimum atomic E-state index is -0.575. The van der Waals surface area contributed by atoms with E-state index in [1.807, 2.05) is 32.9 Å². The second-order valence-electron chi connectivity index (χ2n) is 5.44. The molecular weight excluding hydrogens is 310 g/mol. The van der Waals surface area contributed by atoms with E-state index >= 15 is 0 Å². The number of hydrogen-bond donors (Lipinski definition) is 2. The maximum Gasteiger partial charge on any atom is 0.263 e. The van der Waals surface area contributed by atoms with Gasteiger partial charge in [0.1, 0.15) is 15.9 Å². The Bertz CT molecular complexity index is 724. The van der Waals surface area contributed by atoms with Crippen LogP contribution in [0.5, 0.6) is 0 Å². The Morgan fingerprint density at radius 3 is 2.70 bits per heavy atom. The van der Waals surface area contributed by atoms with Crippen molar-refractivity contribution in [3.05, 3.63) is 40.4 Å². The number of hydrogen-bond acceptors (Lipinski definition) is 4. The molecule has 0 aliphatic carbocycles. The fourth-order valence-corrected chi connectivity index (χ4v) is 3.13. The zero-order valence-electron chi connectivity index (χ0n) is 13.8. The predicted molar refractivity (Wildman–Crippen MR) is 92.6 cm³/mol. The zero-order valence-corrected chi connectivity index (χ0v) is 14.6. The van der Waals surface area contributed by atoms with Gasteiger partial charge in [0, 0.05) is 12.1 Å². The fourth-order valence-electron chi connectivity index (χ4n) is 2.22. The summed E-state index contributed by atoms with van der Waals surface area (Å²) in [7, 11) is 0. The molecule has 122 valence electrons. The number of aromatic nitrogens is 1. The number of rotatable bonds is 5. The molecule has 2 rings (SSSR count). The van der Waals surface area contributed by atoms with Crippen molar-refractivity contribution in [2.75, 3.05) is 6.54 Å². The van der Waals surface area contributed by atoms with Crippen LogP contribution in [0.2, 0.25) is 0 Å². The standard InChI is InChI=1S/C17H21N3O2S/c1-5-18-15(21)12(4)20-16(22)14-9-19-17(23-14)13-7-6-10(2)8-11(13)3/h6-9,12H,5H2,1-4H3,(H,18,21)(H,20,22)/t12-/m0/s1. The van der Waals surface area contributed by atoms with Gasteiger partial charge in [-0.05, 0) is 33.3 Å². The highest BCUT2D eigenvalue weighted by Gasteiger charge is 2.18. The summed E-state index contributed by atoms with van der Waals surface area (Å²) in [6.45, 7) is 8.11. The van der Waals surface area contributed by atoms with Gasteiger partial charge in [0.15, 0.2) is 0 Å². The van der Waals surface area contributed by atoms with Gasteiger partial charge in [0.05, 0.1) is 6.20 Å². The average Bonchev–Trinajstić information content (AvgIpc) is 2.97. The van der Waals surface area contributed by atoms with E-state index in [9.17, 15) is 9.59 Å². The van der Waals surface area contributed by atoms with Crippen LogP contribution < -0.4 is 10.6 Å². The van der Waals surface area contributed by atoms with Crippen LogP contribution in [0.15, 0.2) is 24.4 Å². The molecule has 1 heterocycles. The van der Waals surface area contributed by atoms with Crippen molar-refractivity contribution in [1.82, 2.24) is 15.6 Å². The molecule has 0 aliphatic rings. The van der Waals surface area contributed by atoms with E-state index < -0.39 is 6.04 Å². The van der Waals surface area contributed by atoms with E-state index in [4.69, 9.17) is 0 Å². The number of likely N-dealkylation sites (N-methyl/N-ethyl adjacent to an activating group) is 1. The van der Waals surface area contributed by atoms with Crippen molar-refractivity contribution in [1.29, 1.82) is 0 Å². The number of carbonyl (C=O) groups excluding carboxylic acids is 2. The van der Waals surface area contributed by atoms with Crippen LogP contribution in [0, 0.1) is 13.8 Å². The van der Waals surface area contributed by atoms with Crippen molar-refractivity contribution in [3.63, 3.8) is 0 Å². The van der Waals surface area contributed by atoms with Crippen molar-refractivity contribution < 1.29 is 9.59 Å². The van der Waals surface area contributed by atoms with Crippen LogP contribution >= 0.6 is 11.3 Å². The van der Waals surface area contributed by atoms with Crippen LogP contribution in [0.25, 0.3) is 10.6 Å². The Hall–Kier alpha value is -2.21. The SMILES string of the molecule is CCNC(=O)[C@H](C)NC(=O)c1cnc(-c2ccc(C)cc2C)s1. The first-order valence-electron chi connectivity index (χ1n) is 7.54. The lowest BCUT2D eigenvalue weighted by Gasteiger charge is -2.12. The summed E-state index contributed by atoms with van der Waals surface area (Å²) in [5.74, 6) is -0.475. The van der Waals surface area contributed by atoms with Gasteiger partial charge in [-0.3, -0.25) is 9.59 Å². The molecule has 0 fully saturated rings. The smallest absolute Gasteiger partial charge is 0.263 e. The molecule has 23 heavy (non-hydrogen) atoms. The lowest BCUT2D eigenvalue weighted by Crippen LogP contribution is -2.44. The van der Waals surface area contributed by atoms with Crippen molar-refractivity contribution >= 4 is 23.2 Å². The minimum Gasteiger partial charge on any atom is -0.355 e. The lowest BCUT2D eigenvalue weighted by molar-refractivity contribution is -0.122. The number of thiazole rings is 1. The molecule has 0 saturated heterocycles.